The summed E-state index contributed by atoms with van der Waals surface area (Å²) in [5.74, 6) is 1.18. The monoisotopic (exact) mass is 249 g/mol. The summed E-state index contributed by atoms with van der Waals surface area (Å²) in [6, 6.07) is 13.0. The second kappa shape index (κ2) is 4.46. The minimum absolute atomic E-state index is 0.507. The first-order valence-corrected chi connectivity index (χ1v) is 5.89. The number of hydrogen-bond donors (Lipinski definition) is 0. The maximum Gasteiger partial charge on any atom is 0.180 e. The van der Waals surface area contributed by atoms with Crippen molar-refractivity contribution in [3.8, 4) is 17.6 Å². The van der Waals surface area contributed by atoms with Gasteiger partial charge in [-0.05, 0) is 31.2 Å². The van der Waals surface area contributed by atoms with Crippen molar-refractivity contribution in [2.24, 2.45) is 0 Å². The summed E-state index contributed by atoms with van der Waals surface area (Å²) < 4.78 is 7.72. The first kappa shape index (κ1) is 11.3. The number of imidazole rings is 1. The van der Waals surface area contributed by atoms with Crippen LogP contribution < -0.4 is 4.74 Å². The Kier molecular flexibility index (Phi) is 2.66. The number of aromatic nitrogens is 2. The van der Waals surface area contributed by atoms with Gasteiger partial charge in [-0.3, -0.25) is 0 Å². The Hall–Kier alpha value is -2.80. The molecule has 0 saturated carbocycles. The summed E-state index contributed by atoms with van der Waals surface area (Å²) in [6.45, 7) is 1.93. The van der Waals surface area contributed by atoms with Gasteiger partial charge in [-0.15, -0.1) is 0 Å². The number of hydrogen-bond acceptors (Lipinski definition) is 3. The molecule has 1 aromatic carbocycles. The van der Waals surface area contributed by atoms with Gasteiger partial charge < -0.3 is 9.14 Å². The number of benzene rings is 1. The predicted molar refractivity (Wildman–Crippen MR) is 71.2 cm³/mol. The third-order valence-corrected chi connectivity index (χ3v) is 2.79. The van der Waals surface area contributed by atoms with Crippen LogP contribution >= 0.6 is 0 Å². The molecule has 19 heavy (non-hydrogen) atoms. The van der Waals surface area contributed by atoms with Crippen molar-refractivity contribution in [3.05, 3.63) is 60.0 Å². The highest BCUT2D eigenvalue weighted by atomic mass is 16.5. The number of fused-ring (bicyclic) bond motifs is 1. The van der Waals surface area contributed by atoms with Crippen molar-refractivity contribution in [2.45, 2.75) is 6.92 Å². The molecule has 0 N–H and O–H groups in total. The van der Waals surface area contributed by atoms with E-state index in [1.54, 1.807) is 12.1 Å². The summed E-state index contributed by atoms with van der Waals surface area (Å²) in [4.78, 5) is 4.42. The van der Waals surface area contributed by atoms with Crippen LogP contribution in [0.25, 0.3) is 5.65 Å². The average Bonchev–Trinajstić information content (AvgIpc) is 2.81. The van der Waals surface area contributed by atoms with Crippen LogP contribution in [0.1, 0.15) is 11.3 Å². The second-order valence-corrected chi connectivity index (χ2v) is 4.20. The molecule has 0 saturated heterocycles. The van der Waals surface area contributed by atoms with Gasteiger partial charge in [-0.1, -0.05) is 12.1 Å². The number of rotatable bonds is 2. The fourth-order valence-corrected chi connectivity index (χ4v) is 1.96. The summed E-state index contributed by atoms with van der Waals surface area (Å²) >= 11 is 0. The van der Waals surface area contributed by atoms with Crippen molar-refractivity contribution in [1.29, 1.82) is 5.26 Å². The Balaban J connectivity index is 2.09. The number of nitriles is 1. The van der Waals surface area contributed by atoms with Crippen molar-refractivity contribution in [3.63, 3.8) is 0 Å². The molecule has 0 aliphatic rings. The maximum absolute atomic E-state index is 9.06. The lowest BCUT2D eigenvalue weighted by Crippen LogP contribution is -1.91. The van der Waals surface area contributed by atoms with E-state index in [-0.39, 0.29) is 0 Å². The standard InChI is InChI=1S/C15H11N3O/c1-11-10-18-8-4-7-14(15(18)17-11)19-13-6-3-2-5-12(13)9-16/h2-8,10H,1H3. The van der Waals surface area contributed by atoms with E-state index in [2.05, 4.69) is 11.1 Å². The van der Waals surface area contributed by atoms with Crippen LogP contribution in [0.5, 0.6) is 11.5 Å². The van der Waals surface area contributed by atoms with Gasteiger partial charge in [0.15, 0.2) is 11.4 Å². The third-order valence-electron chi connectivity index (χ3n) is 2.79. The normalized spacial score (nSPS) is 10.3. The van der Waals surface area contributed by atoms with E-state index in [4.69, 9.17) is 10.00 Å². The molecule has 0 unspecified atom stereocenters. The highest BCUT2D eigenvalue weighted by Gasteiger charge is 2.08. The van der Waals surface area contributed by atoms with Crippen molar-refractivity contribution in [1.82, 2.24) is 9.38 Å². The molecule has 0 spiro atoms. The van der Waals surface area contributed by atoms with E-state index in [1.807, 2.05) is 48.0 Å². The Morgan fingerprint density at radius 1 is 1.16 bits per heavy atom. The summed E-state index contributed by atoms with van der Waals surface area (Å²) in [6.07, 6.45) is 3.84. The van der Waals surface area contributed by atoms with E-state index in [0.29, 0.717) is 17.1 Å². The second-order valence-electron chi connectivity index (χ2n) is 4.20. The van der Waals surface area contributed by atoms with Crippen molar-refractivity contribution in [2.75, 3.05) is 0 Å². The van der Waals surface area contributed by atoms with E-state index < -0.39 is 0 Å². The topological polar surface area (TPSA) is 50.3 Å². The van der Waals surface area contributed by atoms with Crippen molar-refractivity contribution < 1.29 is 4.74 Å². The Morgan fingerprint density at radius 3 is 2.79 bits per heavy atom. The molecule has 0 radical (unpaired) electrons. The van der Waals surface area contributed by atoms with E-state index in [9.17, 15) is 0 Å². The van der Waals surface area contributed by atoms with Crippen LogP contribution in [-0.4, -0.2) is 9.38 Å². The smallest absolute Gasteiger partial charge is 0.180 e. The van der Waals surface area contributed by atoms with E-state index in [1.165, 1.54) is 0 Å². The van der Waals surface area contributed by atoms with Gasteiger partial charge in [0.05, 0.1) is 11.3 Å². The quantitative estimate of drug-likeness (QED) is 0.700. The molecule has 0 bridgehead atoms. The lowest BCUT2D eigenvalue weighted by molar-refractivity contribution is 0.483. The molecule has 0 aliphatic carbocycles. The van der Waals surface area contributed by atoms with Gasteiger partial charge in [0.25, 0.3) is 0 Å². The first-order chi connectivity index (χ1) is 9.28. The zero-order valence-corrected chi connectivity index (χ0v) is 10.4. The highest BCUT2D eigenvalue weighted by molar-refractivity contribution is 5.57. The highest BCUT2D eigenvalue weighted by Crippen LogP contribution is 2.27. The van der Waals surface area contributed by atoms with E-state index in [0.717, 1.165) is 11.3 Å². The van der Waals surface area contributed by atoms with Gasteiger partial charge >= 0.3 is 0 Å². The molecule has 2 heterocycles. The molecular formula is C15H11N3O. The molecule has 0 aliphatic heterocycles. The number of pyridine rings is 1. The molecule has 2 aromatic heterocycles. The SMILES string of the molecule is Cc1cn2cccc(Oc3ccccc3C#N)c2n1. The largest absolute Gasteiger partial charge is 0.452 e. The van der Waals surface area contributed by atoms with Gasteiger partial charge in [0.2, 0.25) is 0 Å². The Morgan fingerprint density at radius 2 is 1.95 bits per heavy atom. The maximum atomic E-state index is 9.06. The molecule has 4 heteroatoms. The molecule has 92 valence electrons. The minimum atomic E-state index is 0.507. The molecule has 0 fully saturated rings. The fourth-order valence-electron chi connectivity index (χ4n) is 1.96. The predicted octanol–water partition coefficient (Wildman–Crippen LogP) is 3.31. The lowest BCUT2D eigenvalue weighted by Gasteiger charge is -2.07. The fraction of sp³-hybridized carbons (Fsp3) is 0.0667. The summed E-state index contributed by atoms with van der Waals surface area (Å²) in [5, 5.41) is 9.06. The summed E-state index contributed by atoms with van der Waals surface area (Å²) in [7, 11) is 0. The minimum Gasteiger partial charge on any atom is -0.452 e. The average molecular weight is 249 g/mol. The lowest BCUT2D eigenvalue weighted by atomic mass is 10.2. The zero-order chi connectivity index (χ0) is 13.2. The van der Waals surface area contributed by atoms with Crippen LogP contribution in [0.3, 0.4) is 0 Å². The molecule has 3 aromatic rings. The Labute approximate surface area is 110 Å². The molecule has 0 amide bonds. The first-order valence-electron chi connectivity index (χ1n) is 5.89. The molecule has 0 atom stereocenters. The van der Waals surface area contributed by atoms with Gasteiger partial charge in [-0.2, -0.15) is 5.26 Å². The van der Waals surface area contributed by atoms with Gasteiger partial charge in [0, 0.05) is 12.4 Å². The molecular weight excluding hydrogens is 238 g/mol. The third kappa shape index (κ3) is 2.02. The van der Waals surface area contributed by atoms with Crippen LogP contribution in [0, 0.1) is 18.3 Å². The van der Waals surface area contributed by atoms with Crippen LogP contribution in [0.4, 0.5) is 0 Å². The Bertz CT molecular complexity index is 783. The van der Waals surface area contributed by atoms with Crippen LogP contribution in [0.15, 0.2) is 48.8 Å². The van der Waals surface area contributed by atoms with Crippen LogP contribution in [-0.2, 0) is 0 Å². The molecule has 3 rings (SSSR count). The number of para-hydroxylation sites is 1. The van der Waals surface area contributed by atoms with E-state index >= 15 is 0 Å². The van der Waals surface area contributed by atoms with Crippen molar-refractivity contribution >= 4 is 5.65 Å². The van der Waals surface area contributed by atoms with Crippen LogP contribution in [0.2, 0.25) is 0 Å². The van der Waals surface area contributed by atoms with Gasteiger partial charge in [-0.25, -0.2) is 4.98 Å². The molecule has 4 nitrogen and oxygen atoms in total. The number of ether oxygens (including phenoxy) is 1. The number of nitrogens with zero attached hydrogens (tertiary/aromatic N) is 3. The zero-order valence-electron chi connectivity index (χ0n) is 10.4. The van der Waals surface area contributed by atoms with Gasteiger partial charge in [0.1, 0.15) is 11.8 Å². The summed E-state index contributed by atoms with van der Waals surface area (Å²) in [5.41, 5.74) is 2.17. The number of aryl methyl sites for hydroxylation is 1.